The van der Waals surface area contributed by atoms with Gasteiger partial charge in [0.05, 0.1) is 0 Å². The number of unbranched alkanes of at least 4 members (excludes halogenated alkanes) is 1. The summed E-state index contributed by atoms with van der Waals surface area (Å²) in [6.07, 6.45) is 6.55. The SMILES string of the molecule is CCCCC(CCC)NCC(c1ccccc1)C(C)C. The van der Waals surface area contributed by atoms with Crippen LogP contribution in [0.25, 0.3) is 0 Å². The number of hydrogen-bond acceptors (Lipinski definition) is 1. The third-order valence-corrected chi connectivity index (χ3v) is 4.20. The van der Waals surface area contributed by atoms with Gasteiger partial charge in [0.15, 0.2) is 0 Å². The summed E-state index contributed by atoms with van der Waals surface area (Å²) in [6, 6.07) is 11.7. The predicted molar refractivity (Wildman–Crippen MR) is 90.2 cm³/mol. The average Bonchev–Trinajstić information content (AvgIpc) is 2.45. The molecule has 114 valence electrons. The molecule has 0 amide bonds. The minimum atomic E-state index is 0.622. The zero-order valence-electron chi connectivity index (χ0n) is 13.9. The second kappa shape index (κ2) is 9.99. The molecule has 0 aliphatic heterocycles. The number of benzene rings is 1. The fourth-order valence-corrected chi connectivity index (χ4v) is 2.88. The van der Waals surface area contributed by atoms with E-state index in [0.29, 0.717) is 17.9 Å². The van der Waals surface area contributed by atoms with Crippen molar-refractivity contribution in [3.63, 3.8) is 0 Å². The zero-order chi connectivity index (χ0) is 14.8. The summed E-state index contributed by atoms with van der Waals surface area (Å²) in [5.74, 6) is 1.30. The number of nitrogens with one attached hydrogen (secondary N) is 1. The van der Waals surface area contributed by atoms with Crippen LogP contribution in [0, 0.1) is 5.92 Å². The molecule has 0 aromatic heterocycles. The van der Waals surface area contributed by atoms with Gasteiger partial charge in [0.2, 0.25) is 0 Å². The molecule has 1 heteroatoms. The first kappa shape index (κ1) is 17.2. The molecular weight excluding hydrogens is 242 g/mol. The lowest BCUT2D eigenvalue weighted by atomic mass is 9.88. The third kappa shape index (κ3) is 6.09. The van der Waals surface area contributed by atoms with Gasteiger partial charge in [0.25, 0.3) is 0 Å². The lowest BCUT2D eigenvalue weighted by molar-refractivity contribution is 0.386. The van der Waals surface area contributed by atoms with Gasteiger partial charge < -0.3 is 5.32 Å². The average molecular weight is 275 g/mol. The van der Waals surface area contributed by atoms with Crippen molar-refractivity contribution < 1.29 is 0 Å². The molecule has 20 heavy (non-hydrogen) atoms. The Morgan fingerprint density at radius 3 is 2.20 bits per heavy atom. The molecule has 0 aliphatic carbocycles. The molecule has 0 saturated heterocycles. The smallest absolute Gasteiger partial charge is 0.00672 e. The Bertz CT molecular complexity index is 331. The first-order valence-electron chi connectivity index (χ1n) is 8.47. The molecule has 1 aromatic rings. The Morgan fingerprint density at radius 2 is 1.65 bits per heavy atom. The Balaban J connectivity index is 2.57. The molecule has 2 unspecified atom stereocenters. The minimum absolute atomic E-state index is 0.622. The molecule has 0 aliphatic rings. The summed E-state index contributed by atoms with van der Waals surface area (Å²) in [5, 5.41) is 3.84. The maximum absolute atomic E-state index is 3.84. The minimum Gasteiger partial charge on any atom is -0.313 e. The van der Waals surface area contributed by atoms with E-state index in [2.05, 4.69) is 63.3 Å². The number of rotatable bonds is 10. The van der Waals surface area contributed by atoms with Gasteiger partial charge in [-0.2, -0.15) is 0 Å². The van der Waals surface area contributed by atoms with Crippen molar-refractivity contribution in [2.75, 3.05) is 6.54 Å². The summed E-state index contributed by atoms with van der Waals surface area (Å²) >= 11 is 0. The van der Waals surface area contributed by atoms with Crippen LogP contribution in [0.3, 0.4) is 0 Å². The Labute approximate surface area is 126 Å². The van der Waals surface area contributed by atoms with Gasteiger partial charge in [0, 0.05) is 12.6 Å². The van der Waals surface area contributed by atoms with Crippen LogP contribution in [0.15, 0.2) is 30.3 Å². The molecule has 1 N–H and O–H groups in total. The molecule has 1 rings (SSSR count). The third-order valence-electron chi connectivity index (χ3n) is 4.20. The molecule has 0 radical (unpaired) electrons. The maximum atomic E-state index is 3.84. The Hall–Kier alpha value is -0.820. The van der Waals surface area contributed by atoms with E-state index in [-0.39, 0.29) is 0 Å². The van der Waals surface area contributed by atoms with E-state index in [0.717, 1.165) is 6.54 Å². The van der Waals surface area contributed by atoms with Crippen molar-refractivity contribution in [2.45, 2.75) is 71.8 Å². The van der Waals surface area contributed by atoms with Crippen LogP contribution in [0.2, 0.25) is 0 Å². The van der Waals surface area contributed by atoms with Crippen molar-refractivity contribution in [1.29, 1.82) is 0 Å². The highest BCUT2D eigenvalue weighted by molar-refractivity contribution is 5.20. The van der Waals surface area contributed by atoms with Crippen molar-refractivity contribution >= 4 is 0 Å². The standard InChI is InChI=1S/C19H33N/c1-5-7-14-18(11-6-2)20-15-19(16(3)4)17-12-9-8-10-13-17/h8-10,12-13,16,18-20H,5-7,11,14-15H2,1-4H3. The molecule has 2 atom stereocenters. The van der Waals surface area contributed by atoms with Crippen LogP contribution in [-0.4, -0.2) is 12.6 Å². The molecule has 0 spiro atoms. The number of hydrogen-bond donors (Lipinski definition) is 1. The highest BCUT2D eigenvalue weighted by Gasteiger charge is 2.17. The van der Waals surface area contributed by atoms with Gasteiger partial charge in [0.1, 0.15) is 0 Å². The summed E-state index contributed by atoms with van der Waals surface area (Å²) in [5.41, 5.74) is 1.47. The summed E-state index contributed by atoms with van der Waals surface area (Å²) in [7, 11) is 0. The summed E-state index contributed by atoms with van der Waals surface area (Å²) in [6.45, 7) is 10.3. The molecule has 1 aromatic carbocycles. The highest BCUT2D eigenvalue weighted by Crippen LogP contribution is 2.24. The summed E-state index contributed by atoms with van der Waals surface area (Å²) in [4.78, 5) is 0. The second-order valence-corrected chi connectivity index (χ2v) is 6.30. The fraction of sp³-hybridized carbons (Fsp3) is 0.684. The molecule has 0 fully saturated rings. The van der Waals surface area contributed by atoms with Gasteiger partial charge in [-0.15, -0.1) is 0 Å². The van der Waals surface area contributed by atoms with Gasteiger partial charge in [-0.1, -0.05) is 77.3 Å². The van der Waals surface area contributed by atoms with E-state index in [1.807, 2.05) is 0 Å². The van der Waals surface area contributed by atoms with E-state index in [9.17, 15) is 0 Å². The van der Waals surface area contributed by atoms with Gasteiger partial charge in [-0.25, -0.2) is 0 Å². The van der Waals surface area contributed by atoms with Crippen LogP contribution in [0.5, 0.6) is 0 Å². The fourth-order valence-electron chi connectivity index (χ4n) is 2.88. The van der Waals surface area contributed by atoms with Crippen molar-refractivity contribution in [1.82, 2.24) is 5.32 Å². The molecule has 1 nitrogen and oxygen atoms in total. The first-order chi connectivity index (χ1) is 9.69. The predicted octanol–water partition coefficient (Wildman–Crippen LogP) is 5.37. The highest BCUT2D eigenvalue weighted by atomic mass is 14.9. The van der Waals surface area contributed by atoms with Crippen LogP contribution in [0.1, 0.15) is 71.3 Å². The monoisotopic (exact) mass is 275 g/mol. The van der Waals surface area contributed by atoms with E-state index < -0.39 is 0 Å². The Morgan fingerprint density at radius 1 is 0.950 bits per heavy atom. The maximum Gasteiger partial charge on any atom is 0.00672 e. The van der Waals surface area contributed by atoms with Crippen LogP contribution >= 0.6 is 0 Å². The van der Waals surface area contributed by atoms with Gasteiger partial charge in [-0.05, 0) is 30.2 Å². The Kier molecular flexibility index (Phi) is 8.60. The van der Waals surface area contributed by atoms with Crippen molar-refractivity contribution in [2.24, 2.45) is 5.92 Å². The lowest BCUT2D eigenvalue weighted by Gasteiger charge is -2.26. The normalized spacial score (nSPS) is 14.4. The van der Waals surface area contributed by atoms with Crippen LogP contribution in [-0.2, 0) is 0 Å². The molecule has 0 bridgehead atoms. The first-order valence-corrected chi connectivity index (χ1v) is 8.47. The quantitative estimate of drug-likeness (QED) is 0.605. The van der Waals surface area contributed by atoms with E-state index in [4.69, 9.17) is 0 Å². The van der Waals surface area contributed by atoms with E-state index >= 15 is 0 Å². The van der Waals surface area contributed by atoms with Gasteiger partial charge >= 0.3 is 0 Å². The van der Waals surface area contributed by atoms with Crippen molar-refractivity contribution in [3.8, 4) is 0 Å². The van der Waals surface area contributed by atoms with Gasteiger partial charge in [-0.3, -0.25) is 0 Å². The lowest BCUT2D eigenvalue weighted by Crippen LogP contribution is -2.34. The zero-order valence-corrected chi connectivity index (χ0v) is 13.9. The van der Waals surface area contributed by atoms with Crippen LogP contribution < -0.4 is 5.32 Å². The molecule has 0 heterocycles. The van der Waals surface area contributed by atoms with Crippen LogP contribution in [0.4, 0.5) is 0 Å². The topological polar surface area (TPSA) is 12.0 Å². The second-order valence-electron chi connectivity index (χ2n) is 6.30. The molecular formula is C19H33N. The largest absolute Gasteiger partial charge is 0.313 e. The van der Waals surface area contributed by atoms with Crippen molar-refractivity contribution in [3.05, 3.63) is 35.9 Å². The van der Waals surface area contributed by atoms with E-state index in [1.165, 1.54) is 37.7 Å². The van der Waals surface area contributed by atoms with E-state index in [1.54, 1.807) is 0 Å². The summed E-state index contributed by atoms with van der Waals surface area (Å²) < 4.78 is 0. The molecule has 0 saturated carbocycles.